The van der Waals surface area contributed by atoms with Crippen LogP contribution in [0.3, 0.4) is 0 Å². The van der Waals surface area contributed by atoms with Crippen LogP contribution in [0.15, 0.2) is 17.0 Å². The largest absolute Gasteiger partial charge is 0.383 e. The maximum atomic E-state index is 13.2. The minimum absolute atomic E-state index is 0.0962. The number of hydrogen-bond acceptors (Lipinski definition) is 4. The maximum Gasteiger partial charge on any atom is 0.243 e. The van der Waals surface area contributed by atoms with Crippen LogP contribution in [0.5, 0.6) is 0 Å². The number of carbonyl (C=O) groups is 1. The molecule has 2 atom stereocenters. The molecule has 1 aromatic rings. The van der Waals surface area contributed by atoms with Crippen molar-refractivity contribution in [2.45, 2.75) is 51.5 Å². The molecule has 0 radical (unpaired) electrons. The summed E-state index contributed by atoms with van der Waals surface area (Å²) in [4.78, 5) is 12.9. The standard InChI is InChI=1S/C19H30N2O4S/c1-13-9-14(2)18(15(3)10-13)26(23,24)21-8-6-7-17(11-21)19(22)20-16(4)12-25-5/h9-10,16-17H,6-8,11-12H2,1-5H3,(H,20,22)/t16-,17+/m0/s1. The summed E-state index contributed by atoms with van der Waals surface area (Å²) in [5.41, 5.74) is 2.55. The highest BCUT2D eigenvalue weighted by molar-refractivity contribution is 7.89. The van der Waals surface area contributed by atoms with Crippen molar-refractivity contribution in [2.24, 2.45) is 5.92 Å². The maximum absolute atomic E-state index is 13.2. The molecule has 0 bridgehead atoms. The highest BCUT2D eigenvalue weighted by atomic mass is 32.2. The van der Waals surface area contributed by atoms with Crippen molar-refractivity contribution in [3.8, 4) is 0 Å². The zero-order valence-electron chi connectivity index (χ0n) is 16.3. The van der Waals surface area contributed by atoms with Crippen LogP contribution in [0.1, 0.15) is 36.5 Å². The fourth-order valence-electron chi connectivity index (χ4n) is 3.73. The smallest absolute Gasteiger partial charge is 0.243 e. The van der Waals surface area contributed by atoms with Gasteiger partial charge in [0.25, 0.3) is 0 Å². The van der Waals surface area contributed by atoms with Gasteiger partial charge in [0.1, 0.15) is 0 Å². The number of sulfonamides is 1. The van der Waals surface area contributed by atoms with E-state index < -0.39 is 10.0 Å². The molecule has 0 unspecified atom stereocenters. The highest BCUT2D eigenvalue weighted by Gasteiger charge is 2.35. The van der Waals surface area contributed by atoms with E-state index in [2.05, 4.69) is 5.32 Å². The lowest BCUT2D eigenvalue weighted by Crippen LogP contribution is -2.47. The summed E-state index contributed by atoms with van der Waals surface area (Å²) in [6, 6.07) is 3.68. The Hall–Kier alpha value is -1.44. The van der Waals surface area contributed by atoms with Crippen molar-refractivity contribution in [1.82, 2.24) is 9.62 Å². The molecular weight excluding hydrogens is 352 g/mol. The third kappa shape index (κ3) is 4.64. The molecule has 26 heavy (non-hydrogen) atoms. The Balaban J connectivity index is 2.19. The molecular formula is C19H30N2O4S. The number of benzene rings is 1. The van der Waals surface area contributed by atoms with Crippen molar-refractivity contribution in [1.29, 1.82) is 0 Å². The van der Waals surface area contributed by atoms with Crippen LogP contribution in [0.4, 0.5) is 0 Å². The second kappa shape index (κ2) is 8.50. The Morgan fingerprint density at radius 2 is 1.92 bits per heavy atom. The predicted octanol–water partition coefficient (Wildman–Crippen LogP) is 2.16. The number of amides is 1. The number of ether oxygens (including phenoxy) is 1. The third-order valence-electron chi connectivity index (χ3n) is 4.76. The summed E-state index contributed by atoms with van der Waals surface area (Å²) in [6.07, 6.45) is 1.38. The molecule has 1 saturated heterocycles. The van der Waals surface area contributed by atoms with Gasteiger partial charge in [0.15, 0.2) is 0 Å². The first-order chi connectivity index (χ1) is 12.2. The fraction of sp³-hybridized carbons (Fsp3) is 0.632. The lowest BCUT2D eigenvalue weighted by molar-refractivity contribution is -0.127. The first-order valence-corrected chi connectivity index (χ1v) is 10.5. The van der Waals surface area contributed by atoms with Crippen molar-refractivity contribution < 1.29 is 17.9 Å². The molecule has 0 aliphatic carbocycles. The predicted molar refractivity (Wildman–Crippen MR) is 102 cm³/mol. The molecule has 0 spiro atoms. The normalized spacial score (nSPS) is 20.0. The van der Waals surface area contributed by atoms with E-state index >= 15 is 0 Å². The van der Waals surface area contributed by atoms with Crippen molar-refractivity contribution in [3.05, 3.63) is 28.8 Å². The molecule has 7 heteroatoms. The molecule has 1 aliphatic rings. The minimum atomic E-state index is -3.62. The van der Waals surface area contributed by atoms with E-state index in [-0.39, 0.29) is 24.4 Å². The van der Waals surface area contributed by atoms with E-state index in [4.69, 9.17) is 4.74 Å². The van der Waals surface area contributed by atoms with Crippen LogP contribution in [0, 0.1) is 26.7 Å². The molecule has 146 valence electrons. The number of piperidine rings is 1. The fourth-order valence-corrected chi connectivity index (χ4v) is 5.67. The molecule has 6 nitrogen and oxygen atoms in total. The molecule has 1 aromatic carbocycles. The average Bonchev–Trinajstić information content (AvgIpc) is 2.53. The van der Waals surface area contributed by atoms with Gasteiger partial charge in [-0.3, -0.25) is 4.79 Å². The van der Waals surface area contributed by atoms with Gasteiger partial charge >= 0.3 is 0 Å². The van der Waals surface area contributed by atoms with E-state index in [1.807, 2.05) is 39.8 Å². The van der Waals surface area contributed by atoms with Crippen molar-refractivity contribution in [2.75, 3.05) is 26.8 Å². The van der Waals surface area contributed by atoms with Crippen LogP contribution in [0.2, 0.25) is 0 Å². The first-order valence-electron chi connectivity index (χ1n) is 9.04. The van der Waals surface area contributed by atoms with Gasteiger partial charge < -0.3 is 10.1 Å². The molecule has 1 aliphatic heterocycles. The van der Waals surface area contributed by atoms with E-state index in [1.165, 1.54) is 4.31 Å². The second-order valence-electron chi connectivity index (χ2n) is 7.30. The Bertz CT molecular complexity index is 738. The van der Waals surface area contributed by atoms with Gasteiger partial charge in [-0.25, -0.2) is 8.42 Å². The third-order valence-corrected chi connectivity index (χ3v) is 6.93. The van der Waals surface area contributed by atoms with Gasteiger partial charge in [-0.2, -0.15) is 4.31 Å². The molecule has 2 rings (SSSR count). The quantitative estimate of drug-likeness (QED) is 0.818. The lowest BCUT2D eigenvalue weighted by Gasteiger charge is -2.32. The SMILES string of the molecule is COC[C@H](C)NC(=O)[C@@H]1CCCN(S(=O)(=O)c2c(C)cc(C)cc2C)C1. The van der Waals surface area contributed by atoms with Gasteiger partial charge in [-0.1, -0.05) is 17.7 Å². The summed E-state index contributed by atoms with van der Waals surface area (Å²) < 4.78 is 32.9. The van der Waals surface area contributed by atoms with Gasteiger partial charge in [-0.15, -0.1) is 0 Å². The average molecular weight is 383 g/mol. The Morgan fingerprint density at radius 3 is 2.50 bits per heavy atom. The summed E-state index contributed by atoms with van der Waals surface area (Å²) in [5.74, 6) is -0.435. The number of aryl methyl sites for hydroxylation is 3. The summed E-state index contributed by atoms with van der Waals surface area (Å²) in [6.45, 7) is 8.59. The van der Waals surface area contributed by atoms with Crippen LogP contribution in [-0.4, -0.2) is 51.5 Å². The molecule has 1 amide bonds. The molecule has 0 saturated carbocycles. The Morgan fingerprint density at radius 1 is 1.31 bits per heavy atom. The van der Waals surface area contributed by atoms with Crippen molar-refractivity contribution >= 4 is 15.9 Å². The topological polar surface area (TPSA) is 75.7 Å². The number of methoxy groups -OCH3 is 1. The van der Waals surface area contributed by atoms with Crippen LogP contribution < -0.4 is 5.32 Å². The number of nitrogens with zero attached hydrogens (tertiary/aromatic N) is 1. The van der Waals surface area contributed by atoms with E-state index in [0.29, 0.717) is 30.9 Å². The first kappa shape index (κ1) is 20.9. The zero-order chi connectivity index (χ0) is 19.5. The van der Waals surface area contributed by atoms with E-state index in [9.17, 15) is 13.2 Å². The van der Waals surface area contributed by atoms with Crippen molar-refractivity contribution in [3.63, 3.8) is 0 Å². The van der Waals surface area contributed by atoms with E-state index in [0.717, 1.165) is 16.7 Å². The number of hydrogen-bond donors (Lipinski definition) is 1. The van der Waals surface area contributed by atoms with Gasteiger partial charge in [0.05, 0.1) is 17.4 Å². The van der Waals surface area contributed by atoms with Gasteiger partial charge in [-0.05, 0) is 51.7 Å². The molecule has 1 fully saturated rings. The molecule has 1 heterocycles. The van der Waals surface area contributed by atoms with E-state index in [1.54, 1.807) is 7.11 Å². The monoisotopic (exact) mass is 382 g/mol. The minimum Gasteiger partial charge on any atom is -0.383 e. The summed E-state index contributed by atoms with van der Waals surface area (Å²) in [7, 11) is -2.03. The van der Waals surface area contributed by atoms with Crippen LogP contribution in [0.25, 0.3) is 0 Å². The Kier molecular flexibility index (Phi) is 6.82. The number of nitrogens with one attached hydrogen (secondary N) is 1. The van der Waals surface area contributed by atoms with Gasteiger partial charge in [0, 0.05) is 26.2 Å². The number of rotatable bonds is 6. The summed E-state index contributed by atoms with van der Waals surface area (Å²) in [5, 5.41) is 2.91. The zero-order valence-corrected chi connectivity index (χ0v) is 17.1. The van der Waals surface area contributed by atoms with Gasteiger partial charge in [0.2, 0.25) is 15.9 Å². The molecule has 1 N–H and O–H groups in total. The van der Waals surface area contributed by atoms with Crippen LogP contribution in [-0.2, 0) is 19.6 Å². The Labute approximate surface area is 157 Å². The highest BCUT2D eigenvalue weighted by Crippen LogP contribution is 2.28. The molecule has 0 aromatic heterocycles. The second-order valence-corrected chi connectivity index (χ2v) is 9.17. The van der Waals surface area contributed by atoms with Crippen LogP contribution >= 0.6 is 0 Å². The lowest BCUT2D eigenvalue weighted by atomic mass is 9.98. The summed E-state index contributed by atoms with van der Waals surface area (Å²) >= 11 is 0. The number of carbonyl (C=O) groups excluding carboxylic acids is 1.